The number of aromatic amines is 1. The zero-order valence-electron chi connectivity index (χ0n) is 21.2. The fraction of sp³-hybridized carbons (Fsp3) is 0.481. The van der Waals surface area contributed by atoms with Crippen LogP contribution in [0, 0.1) is 10.1 Å². The number of allylic oxidation sites excluding steroid dienone is 1. The van der Waals surface area contributed by atoms with Gasteiger partial charge in [0.25, 0.3) is 0 Å². The summed E-state index contributed by atoms with van der Waals surface area (Å²) in [6.07, 6.45) is 5.10. The van der Waals surface area contributed by atoms with E-state index in [0.717, 1.165) is 31.2 Å². The molecule has 2 atom stereocenters. The lowest BCUT2D eigenvalue weighted by atomic mass is 9.72. The summed E-state index contributed by atoms with van der Waals surface area (Å²) in [6, 6.07) is 8.04. The Bertz CT molecular complexity index is 1170. The molecule has 0 bridgehead atoms. The first-order chi connectivity index (χ1) is 16.5. The molecule has 0 radical (unpaired) electrons. The number of fused-ring (bicyclic) bond motifs is 1. The average Bonchev–Trinajstić information content (AvgIpc) is 3.09. The Balaban J connectivity index is 1.91. The van der Waals surface area contributed by atoms with Crippen molar-refractivity contribution in [2.75, 3.05) is 7.11 Å². The second-order valence-corrected chi connectivity index (χ2v) is 10.6. The number of hydrogen-bond donors (Lipinski definition) is 2. The molecule has 35 heavy (non-hydrogen) atoms. The van der Waals surface area contributed by atoms with Gasteiger partial charge in [0.15, 0.2) is 5.69 Å². The topological polar surface area (TPSA) is 93.3 Å². The van der Waals surface area contributed by atoms with Gasteiger partial charge in [-0.1, -0.05) is 56.4 Å². The maximum Gasteiger partial charge on any atom is 0.408 e. The van der Waals surface area contributed by atoms with Crippen molar-refractivity contribution in [3.8, 4) is 0 Å². The number of carbonyl (C=O) groups is 2. The van der Waals surface area contributed by atoms with Crippen molar-refractivity contribution in [1.29, 1.82) is 0 Å². The van der Waals surface area contributed by atoms with Crippen LogP contribution in [0.3, 0.4) is 0 Å². The van der Waals surface area contributed by atoms with Gasteiger partial charge in [-0.25, -0.2) is 9.59 Å². The summed E-state index contributed by atoms with van der Waals surface area (Å²) in [4.78, 5) is 32.4. The third-order valence-electron chi connectivity index (χ3n) is 6.37. The Labute approximate surface area is 212 Å². The first-order valence-electron chi connectivity index (χ1n) is 11.9. The minimum absolute atomic E-state index is 0.198. The van der Waals surface area contributed by atoms with E-state index in [1.807, 2.05) is 32.9 Å². The molecular weight excluding hydrogens is 462 g/mol. The van der Waals surface area contributed by atoms with Gasteiger partial charge in [0.1, 0.15) is 10.2 Å². The summed E-state index contributed by atoms with van der Waals surface area (Å²) in [6.45, 7) is 12.0. The van der Waals surface area contributed by atoms with E-state index < -0.39 is 17.7 Å². The Morgan fingerprint density at radius 1 is 1.29 bits per heavy atom. The highest BCUT2D eigenvalue weighted by molar-refractivity contribution is 7.71. The van der Waals surface area contributed by atoms with Gasteiger partial charge in [-0.05, 0) is 68.6 Å². The third-order valence-corrected chi connectivity index (χ3v) is 6.58. The SMILES string of the molecule is C=C(CCC1(CCC)Cc2ccccc2[C@H]1NC(=O)OC(C)(C)C)c1ncc(=S)[nH]c1C(=O)OC. The summed E-state index contributed by atoms with van der Waals surface area (Å²) < 4.78 is 10.9. The fourth-order valence-corrected chi connectivity index (χ4v) is 5.13. The van der Waals surface area contributed by atoms with E-state index in [1.165, 1.54) is 18.9 Å². The van der Waals surface area contributed by atoms with Crippen molar-refractivity contribution in [3.05, 3.63) is 64.2 Å². The molecule has 0 saturated carbocycles. The third kappa shape index (κ3) is 6.17. The quantitative estimate of drug-likeness (QED) is 0.327. The number of nitrogens with one attached hydrogen (secondary N) is 2. The number of amides is 1. The molecular formula is C27H35N3O4S. The number of alkyl carbamates (subject to hydrolysis) is 1. The molecule has 1 heterocycles. The molecule has 8 heteroatoms. The number of aromatic nitrogens is 2. The van der Waals surface area contributed by atoms with Crippen molar-refractivity contribution in [3.63, 3.8) is 0 Å². The molecule has 2 N–H and O–H groups in total. The number of esters is 1. The lowest BCUT2D eigenvalue weighted by Gasteiger charge is -2.37. The molecule has 1 aromatic carbocycles. The second-order valence-electron chi connectivity index (χ2n) is 10.1. The van der Waals surface area contributed by atoms with Gasteiger partial charge in [0, 0.05) is 0 Å². The van der Waals surface area contributed by atoms with Gasteiger partial charge in [-0.15, -0.1) is 0 Å². The Morgan fingerprint density at radius 3 is 2.66 bits per heavy atom. The molecule has 0 fully saturated rings. The molecule has 188 valence electrons. The van der Waals surface area contributed by atoms with Crippen molar-refractivity contribution in [1.82, 2.24) is 15.3 Å². The predicted octanol–water partition coefficient (Wildman–Crippen LogP) is 6.33. The summed E-state index contributed by atoms with van der Waals surface area (Å²) in [5.41, 5.74) is 2.88. The van der Waals surface area contributed by atoms with Gasteiger partial charge < -0.3 is 19.8 Å². The van der Waals surface area contributed by atoms with E-state index in [9.17, 15) is 9.59 Å². The fourth-order valence-electron chi connectivity index (χ4n) is 4.97. The molecule has 7 nitrogen and oxygen atoms in total. The van der Waals surface area contributed by atoms with E-state index in [4.69, 9.17) is 21.7 Å². The molecule has 3 rings (SSSR count). The van der Waals surface area contributed by atoms with E-state index in [-0.39, 0.29) is 17.2 Å². The Hall–Kier alpha value is -3.00. The first-order valence-corrected chi connectivity index (χ1v) is 12.3. The van der Waals surface area contributed by atoms with Crippen molar-refractivity contribution in [2.24, 2.45) is 5.41 Å². The van der Waals surface area contributed by atoms with Crippen LogP contribution >= 0.6 is 12.2 Å². The van der Waals surface area contributed by atoms with Gasteiger partial charge in [0.05, 0.1) is 25.0 Å². The monoisotopic (exact) mass is 497 g/mol. The summed E-state index contributed by atoms with van der Waals surface area (Å²) in [7, 11) is 1.32. The van der Waals surface area contributed by atoms with Crippen LogP contribution in [-0.2, 0) is 15.9 Å². The maximum absolute atomic E-state index is 12.8. The summed E-state index contributed by atoms with van der Waals surface area (Å²) in [5.74, 6) is -0.540. The van der Waals surface area contributed by atoms with Gasteiger partial charge in [-0.3, -0.25) is 4.98 Å². The molecule has 1 unspecified atom stereocenters. The summed E-state index contributed by atoms with van der Waals surface area (Å²) >= 11 is 5.14. The standard InChI is InChI=1S/C27H35N3O4S/c1-7-13-27(14-12-17(2)21-22(24(31)33-6)29-20(35)16-28-21)15-18-10-8-9-11-19(18)23(27)30-25(32)34-26(3,4)5/h8-11,16,23H,2,7,12-15H2,1,3-6H3,(H,29,35)(H,30,32)/t23-,27?/m1/s1. The van der Waals surface area contributed by atoms with E-state index >= 15 is 0 Å². The molecule has 0 saturated heterocycles. The predicted molar refractivity (Wildman–Crippen MR) is 139 cm³/mol. The number of ether oxygens (including phenoxy) is 2. The minimum Gasteiger partial charge on any atom is -0.464 e. The van der Waals surface area contributed by atoms with Crippen LogP contribution in [-0.4, -0.2) is 34.7 Å². The largest absolute Gasteiger partial charge is 0.464 e. The number of nitrogens with zero attached hydrogens (tertiary/aromatic N) is 1. The van der Waals surface area contributed by atoms with E-state index in [1.54, 1.807) is 0 Å². The molecule has 1 aliphatic carbocycles. The number of carbonyl (C=O) groups excluding carboxylic acids is 2. The van der Waals surface area contributed by atoms with Crippen molar-refractivity contribution < 1.29 is 19.1 Å². The van der Waals surface area contributed by atoms with Crippen LogP contribution in [0.5, 0.6) is 0 Å². The van der Waals surface area contributed by atoms with Crippen molar-refractivity contribution >= 4 is 29.9 Å². The van der Waals surface area contributed by atoms with E-state index in [0.29, 0.717) is 22.3 Å². The number of methoxy groups -OCH3 is 1. The maximum atomic E-state index is 12.8. The molecule has 0 aliphatic heterocycles. The lowest BCUT2D eigenvalue weighted by Crippen LogP contribution is -2.41. The molecule has 1 amide bonds. The Kier molecular flexibility index (Phi) is 8.15. The molecule has 1 aromatic heterocycles. The second kappa shape index (κ2) is 10.7. The lowest BCUT2D eigenvalue weighted by molar-refractivity contribution is 0.0434. The zero-order valence-corrected chi connectivity index (χ0v) is 22.0. The van der Waals surface area contributed by atoms with Crippen LogP contribution in [0.2, 0.25) is 0 Å². The highest BCUT2D eigenvalue weighted by Crippen LogP contribution is 2.52. The highest BCUT2D eigenvalue weighted by atomic mass is 32.1. The molecule has 0 spiro atoms. The molecule has 2 aromatic rings. The number of H-pyrrole nitrogens is 1. The van der Waals surface area contributed by atoms with Gasteiger partial charge in [-0.2, -0.15) is 0 Å². The van der Waals surface area contributed by atoms with Crippen LogP contribution < -0.4 is 5.32 Å². The average molecular weight is 498 g/mol. The Morgan fingerprint density at radius 2 is 2.00 bits per heavy atom. The summed E-state index contributed by atoms with van der Waals surface area (Å²) in [5, 5.41) is 3.18. The normalized spacial score (nSPS) is 19.1. The van der Waals surface area contributed by atoms with E-state index in [2.05, 4.69) is 40.9 Å². The molecule has 1 aliphatic rings. The van der Waals surface area contributed by atoms with Crippen LogP contribution in [0.15, 0.2) is 37.0 Å². The van der Waals surface area contributed by atoms with Crippen LogP contribution in [0.4, 0.5) is 4.79 Å². The zero-order chi connectivity index (χ0) is 25.8. The number of hydrogen-bond acceptors (Lipinski definition) is 6. The van der Waals surface area contributed by atoms with Crippen molar-refractivity contribution in [2.45, 2.75) is 71.4 Å². The number of benzene rings is 1. The number of rotatable bonds is 8. The van der Waals surface area contributed by atoms with Gasteiger partial charge >= 0.3 is 12.1 Å². The first kappa shape index (κ1) is 26.6. The van der Waals surface area contributed by atoms with Gasteiger partial charge in [0.2, 0.25) is 0 Å². The smallest absolute Gasteiger partial charge is 0.408 e. The highest BCUT2D eigenvalue weighted by Gasteiger charge is 2.46. The van der Waals surface area contributed by atoms with Crippen LogP contribution in [0.25, 0.3) is 5.57 Å². The minimum atomic E-state index is -0.590. The van der Waals surface area contributed by atoms with Crippen LogP contribution in [0.1, 0.15) is 86.7 Å².